The number of ether oxygens (including phenoxy) is 1. The van der Waals surface area contributed by atoms with E-state index in [0.29, 0.717) is 19.4 Å². The van der Waals surface area contributed by atoms with Crippen molar-refractivity contribution in [2.45, 2.75) is 58.0 Å². The number of nitrogens with one attached hydrogen (secondary N) is 1. The molecule has 0 aromatic heterocycles. The van der Waals surface area contributed by atoms with Gasteiger partial charge < -0.3 is 15.2 Å². The van der Waals surface area contributed by atoms with E-state index in [1.807, 2.05) is 13.8 Å². The van der Waals surface area contributed by atoms with Crippen LogP contribution in [0, 0.1) is 5.41 Å². The zero-order chi connectivity index (χ0) is 14.5. The molecule has 19 heavy (non-hydrogen) atoms. The van der Waals surface area contributed by atoms with E-state index in [1.54, 1.807) is 7.11 Å². The second-order valence-electron chi connectivity index (χ2n) is 6.06. The molecule has 1 amide bonds. The first-order valence-electron chi connectivity index (χ1n) is 6.87. The molecule has 0 aromatic carbocycles. The van der Waals surface area contributed by atoms with Crippen LogP contribution < -0.4 is 5.32 Å². The summed E-state index contributed by atoms with van der Waals surface area (Å²) in [5.41, 5.74) is -1.29. The van der Waals surface area contributed by atoms with Crippen molar-refractivity contribution in [1.82, 2.24) is 5.32 Å². The third-order valence-electron chi connectivity index (χ3n) is 4.03. The normalized spacial score (nSPS) is 18.9. The van der Waals surface area contributed by atoms with Crippen molar-refractivity contribution in [3.05, 3.63) is 0 Å². The summed E-state index contributed by atoms with van der Waals surface area (Å²) in [5, 5.41) is 12.2. The molecular formula is C14H25NO4. The minimum atomic E-state index is -0.862. The number of hydrogen-bond donors (Lipinski definition) is 2. The van der Waals surface area contributed by atoms with Gasteiger partial charge in [0.2, 0.25) is 5.91 Å². The maximum atomic E-state index is 12.0. The Kier molecular flexibility index (Phi) is 5.35. The van der Waals surface area contributed by atoms with Crippen molar-refractivity contribution in [2.24, 2.45) is 5.41 Å². The summed E-state index contributed by atoms with van der Waals surface area (Å²) < 4.78 is 5.22. The Bertz CT molecular complexity index is 332. The van der Waals surface area contributed by atoms with Crippen LogP contribution in [0.4, 0.5) is 0 Å². The maximum Gasteiger partial charge on any atom is 0.310 e. The van der Waals surface area contributed by atoms with Gasteiger partial charge in [-0.05, 0) is 26.7 Å². The third kappa shape index (κ3) is 4.49. The minimum absolute atomic E-state index is 0.0716. The maximum absolute atomic E-state index is 12.0. The van der Waals surface area contributed by atoms with Crippen LogP contribution in [-0.4, -0.2) is 36.2 Å². The second kappa shape index (κ2) is 6.37. The number of carbonyl (C=O) groups is 2. The topological polar surface area (TPSA) is 75.6 Å². The number of rotatable bonds is 6. The molecule has 0 bridgehead atoms. The number of hydrogen-bond acceptors (Lipinski definition) is 3. The van der Waals surface area contributed by atoms with E-state index in [9.17, 15) is 14.7 Å². The van der Waals surface area contributed by atoms with Gasteiger partial charge in [-0.1, -0.05) is 19.3 Å². The Balaban J connectivity index is 2.55. The Morgan fingerprint density at radius 3 is 2.32 bits per heavy atom. The molecule has 110 valence electrons. The van der Waals surface area contributed by atoms with Crippen LogP contribution >= 0.6 is 0 Å². The molecule has 0 aromatic rings. The monoisotopic (exact) mass is 271 g/mol. The number of aliphatic carboxylic acids is 1. The molecule has 0 unspecified atom stereocenters. The van der Waals surface area contributed by atoms with Crippen LogP contribution in [0.1, 0.15) is 52.4 Å². The summed E-state index contributed by atoms with van der Waals surface area (Å²) in [5.74, 6) is -1.04. The first-order valence-corrected chi connectivity index (χ1v) is 6.87. The van der Waals surface area contributed by atoms with Crippen molar-refractivity contribution in [1.29, 1.82) is 0 Å². The smallest absolute Gasteiger partial charge is 0.310 e. The zero-order valence-corrected chi connectivity index (χ0v) is 12.1. The molecule has 0 radical (unpaired) electrons. The van der Waals surface area contributed by atoms with Crippen LogP contribution in [0.3, 0.4) is 0 Å². The second-order valence-corrected chi connectivity index (χ2v) is 6.06. The fourth-order valence-corrected chi connectivity index (χ4v) is 2.45. The summed E-state index contributed by atoms with van der Waals surface area (Å²) in [4.78, 5) is 23.4. The first-order chi connectivity index (χ1) is 8.81. The van der Waals surface area contributed by atoms with Crippen molar-refractivity contribution in [3.8, 4) is 0 Å². The first kappa shape index (κ1) is 16.0. The van der Waals surface area contributed by atoms with Gasteiger partial charge in [0, 0.05) is 20.1 Å². The molecule has 1 fully saturated rings. The lowest BCUT2D eigenvalue weighted by molar-refractivity contribution is -0.154. The van der Waals surface area contributed by atoms with E-state index in [2.05, 4.69) is 5.32 Å². The Hall–Kier alpha value is -1.10. The van der Waals surface area contributed by atoms with Gasteiger partial charge in [0.25, 0.3) is 0 Å². The molecule has 5 nitrogen and oxygen atoms in total. The largest absolute Gasteiger partial charge is 0.481 e. The van der Waals surface area contributed by atoms with E-state index in [1.165, 1.54) is 0 Å². The predicted molar refractivity (Wildman–Crippen MR) is 71.9 cm³/mol. The van der Waals surface area contributed by atoms with Gasteiger partial charge in [-0.15, -0.1) is 0 Å². The molecular weight excluding hydrogens is 246 g/mol. The molecule has 1 aliphatic rings. The van der Waals surface area contributed by atoms with Gasteiger partial charge in [-0.25, -0.2) is 0 Å². The van der Waals surface area contributed by atoms with Gasteiger partial charge in [0.15, 0.2) is 0 Å². The lowest BCUT2D eigenvalue weighted by atomic mass is 9.71. The summed E-state index contributed by atoms with van der Waals surface area (Å²) >= 11 is 0. The van der Waals surface area contributed by atoms with Gasteiger partial charge in [-0.3, -0.25) is 9.59 Å². The third-order valence-corrected chi connectivity index (χ3v) is 4.03. The molecule has 1 aliphatic carbocycles. The van der Waals surface area contributed by atoms with Gasteiger partial charge in [0.05, 0.1) is 11.0 Å². The summed E-state index contributed by atoms with van der Waals surface area (Å²) in [6.45, 7) is 4.14. The van der Waals surface area contributed by atoms with E-state index in [-0.39, 0.29) is 12.3 Å². The summed E-state index contributed by atoms with van der Waals surface area (Å²) in [7, 11) is 1.59. The number of carbonyl (C=O) groups excluding carboxylic acids is 1. The number of methoxy groups -OCH3 is 1. The van der Waals surface area contributed by atoms with E-state index >= 15 is 0 Å². The Labute approximate surface area is 114 Å². The van der Waals surface area contributed by atoms with E-state index in [0.717, 1.165) is 19.3 Å². The Morgan fingerprint density at radius 2 is 1.84 bits per heavy atom. The summed E-state index contributed by atoms with van der Waals surface area (Å²) in [6.07, 6.45) is 4.12. The highest BCUT2D eigenvalue weighted by Gasteiger charge is 2.41. The molecule has 0 aliphatic heterocycles. The number of amides is 1. The minimum Gasteiger partial charge on any atom is -0.481 e. The highest BCUT2D eigenvalue weighted by molar-refractivity contribution is 5.85. The molecule has 1 rings (SSSR count). The highest BCUT2D eigenvalue weighted by Crippen LogP contribution is 2.39. The van der Waals surface area contributed by atoms with Gasteiger partial charge >= 0.3 is 5.97 Å². The molecule has 0 saturated heterocycles. The Morgan fingerprint density at radius 1 is 1.26 bits per heavy atom. The van der Waals surface area contributed by atoms with Gasteiger partial charge in [-0.2, -0.15) is 0 Å². The quantitative estimate of drug-likeness (QED) is 0.774. The standard InChI is InChI=1S/C14H25NO4/c1-13(2,19-3)10-15-11(16)9-14(12(17)18)7-5-4-6-8-14/h4-10H2,1-3H3,(H,15,16)(H,17,18). The van der Waals surface area contributed by atoms with Crippen LogP contribution in [-0.2, 0) is 14.3 Å². The van der Waals surface area contributed by atoms with E-state index < -0.39 is 17.0 Å². The molecule has 0 atom stereocenters. The number of carboxylic acids is 1. The molecule has 5 heteroatoms. The summed E-state index contributed by atoms with van der Waals surface area (Å²) in [6, 6.07) is 0. The van der Waals surface area contributed by atoms with Crippen LogP contribution in [0.2, 0.25) is 0 Å². The molecule has 1 saturated carbocycles. The van der Waals surface area contributed by atoms with Crippen LogP contribution in [0.5, 0.6) is 0 Å². The van der Waals surface area contributed by atoms with Crippen molar-refractivity contribution in [3.63, 3.8) is 0 Å². The van der Waals surface area contributed by atoms with Crippen molar-refractivity contribution >= 4 is 11.9 Å². The molecule has 0 spiro atoms. The molecule has 2 N–H and O–H groups in total. The average molecular weight is 271 g/mol. The number of carboxylic acid groups (broad SMARTS) is 1. The fraction of sp³-hybridized carbons (Fsp3) is 0.857. The zero-order valence-electron chi connectivity index (χ0n) is 12.1. The van der Waals surface area contributed by atoms with Crippen LogP contribution in [0.15, 0.2) is 0 Å². The van der Waals surface area contributed by atoms with Gasteiger partial charge in [0.1, 0.15) is 0 Å². The lowest BCUT2D eigenvalue weighted by Crippen LogP contribution is -2.43. The highest BCUT2D eigenvalue weighted by atomic mass is 16.5. The van der Waals surface area contributed by atoms with Crippen molar-refractivity contribution in [2.75, 3.05) is 13.7 Å². The van der Waals surface area contributed by atoms with Crippen LogP contribution in [0.25, 0.3) is 0 Å². The lowest BCUT2D eigenvalue weighted by Gasteiger charge is -2.33. The predicted octanol–water partition coefficient (Wildman–Crippen LogP) is 1.95. The van der Waals surface area contributed by atoms with Crippen molar-refractivity contribution < 1.29 is 19.4 Å². The average Bonchev–Trinajstić information content (AvgIpc) is 2.37. The SMILES string of the molecule is COC(C)(C)CNC(=O)CC1(C(=O)O)CCCCC1. The molecule has 0 heterocycles. The fourth-order valence-electron chi connectivity index (χ4n) is 2.45. The van der Waals surface area contributed by atoms with E-state index in [4.69, 9.17) is 4.74 Å².